The minimum Gasteiger partial charge on any atom is -0.325 e. The number of aromatic nitrogens is 2. The van der Waals surface area contributed by atoms with E-state index >= 15 is 0 Å². The predicted octanol–water partition coefficient (Wildman–Crippen LogP) is 0.942. The fourth-order valence-electron chi connectivity index (χ4n) is 3.16. The minimum absolute atomic E-state index is 0.299. The van der Waals surface area contributed by atoms with Crippen molar-refractivity contribution in [3.05, 3.63) is 17.5 Å². The normalized spacial score (nSPS) is 23.7. The Hall–Kier alpha value is -2.38. The van der Waals surface area contributed by atoms with Crippen molar-refractivity contribution in [2.75, 3.05) is 13.6 Å². The van der Waals surface area contributed by atoms with Crippen LogP contribution in [-0.2, 0) is 4.79 Å². The van der Waals surface area contributed by atoms with Gasteiger partial charge in [0.1, 0.15) is 0 Å². The first-order valence-corrected chi connectivity index (χ1v) is 8.25. The van der Waals surface area contributed by atoms with E-state index in [-0.39, 0.29) is 5.91 Å². The number of carbonyl (C=O) groups is 2. The summed E-state index contributed by atoms with van der Waals surface area (Å²) in [5.41, 5.74) is 1.84. The van der Waals surface area contributed by atoms with Crippen LogP contribution in [0.1, 0.15) is 31.7 Å². The van der Waals surface area contributed by atoms with Crippen LogP contribution in [-0.4, -0.2) is 63.3 Å². The third-order valence-corrected chi connectivity index (χ3v) is 4.49. The lowest BCUT2D eigenvalue weighted by atomic mass is 10.1. The van der Waals surface area contributed by atoms with Crippen LogP contribution in [0.5, 0.6) is 0 Å². The van der Waals surface area contributed by atoms with E-state index in [1.165, 1.54) is 4.90 Å². The summed E-state index contributed by atoms with van der Waals surface area (Å²) in [6, 6.07) is 1.05. The van der Waals surface area contributed by atoms with Crippen LogP contribution < -0.4 is 5.32 Å². The Morgan fingerprint density at radius 1 is 1.29 bits per heavy atom. The molecular formula is C16H24N6O2. The van der Waals surface area contributed by atoms with Gasteiger partial charge < -0.3 is 9.80 Å². The molecule has 0 bridgehead atoms. The van der Waals surface area contributed by atoms with E-state index in [0.717, 1.165) is 17.8 Å². The molecular weight excluding hydrogens is 308 g/mol. The number of hydrogen-bond donors (Lipinski definition) is 1. The highest BCUT2D eigenvalue weighted by Crippen LogP contribution is 2.26. The van der Waals surface area contributed by atoms with Gasteiger partial charge in [-0.05, 0) is 32.3 Å². The Kier molecular flexibility index (Phi) is 4.06. The molecule has 2 unspecified atom stereocenters. The van der Waals surface area contributed by atoms with Crippen molar-refractivity contribution < 1.29 is 9.59 Å². The molecule has 3 amide bonds. The number of aryl methyl sites for hydroxylation is 2. The average Bonchev–Trinajstić information content (AvgIpc) is 3.02. The number of amides is 3. The van der Waals surface area contributed by atoms with Crippen molar-refractivity contribution in [2.24, 2.45) is 10.9 Å². The number of imide groups is 1. The number of urea groups is 1. The topological polar surface area (TPSA) is 82.8 Å². The SMILES string of the molecule is Cc1cc(C)n(C2=NC3C(C(=O)NC(=O)N3C)N2CCC(C)C)n1. The number of hydrogen-bond acceptors (Lipinski definition) is 5. The number of carbonyl (C=O) groups excluding carboxylic acids is 2. The third-order valence-electron chi connectivity index (χ3n) is 4.49. The molecule has 0 radical (unpaired) electrons. The molecule has 1 saturated heterocycles. The molecule has 2 aliphatic rings. The fraction of sp³-hybridized carbons (Fsp3) is 0.625. The van der Waals surface area contributed by atoms with E-state index in [1.54, 1.807) is 11.7 Å². The smallest absolute Gasteiger partial charge is 0.325 e. The van der Waals surface area contributed by atoms with Gasteiger partial charge in [-0.3, -0.25) is 10.1 Å². The maximum atomic E-state index is 12.5. The fourth-order valence-corrected chi connectivity index (χ4v) is 3.16. The molecule has 2 atom stereocenters. The van der Waals surface area contributed by atoms with E-state index < -0.39 is 18.2 Å². The molecule has 0 aliphatic carbocycles. The first-order chi connectivity index (χ1) is 11.3. The Labute approximate surface area is 141 Å². The van der Waals surface area contributed by atoms with Gasteiger partial charge in [0.05, 0.1) is 5.69 Å². The van der Waals surface area contributed by atoms with Crippen molar-refractivity contribution in [3.63, 3.8) is 0 Å². The average molecular weight is 332 g/mol. The van der Waals surface area contributed by atoms with Crippen LogP contribution in [0.3, 0.4) is 0 Å². The third kappa shape index (κ3) is 2.65. The zero-order chi connectivity index (χ0) is 17.6. The van der Waals surface area contributed by atoms with Crippen LogP contribution in [0.15, 0.2) is 11.1 Å². The lowest BCUT2D eigenvalue weighted by Gasteiger charge is -2.36. The second-order valence-corrected chi connectivity index (χ2v) is 6.91. The summed E-state index contributed by atoms with van der Waals surface area (Å²) >= 11 is 0. The summed E-state index contributed by atoms with van der Waals surface area (Å²) < 4.78 is 1.76. The highest BCUT2D eigenvalue weighted by atomic mass is 16.2. The van der Waals surface area contributed by atoms with Gasteiger partial charge in [0.25, 0.3) is 5.91 Å². The number of nitrogens with zero attached hydrogens (tertiary/aromatic N) is 5. The Morgan fingerprint density at radius 3 is 2.58 bits per heavy atom. The summed E-state index contributed by atoms with van der Waals surface area (Å²) in [7, 11) is 1.66. The van der Waals surface area contributed by atoms with Gasteiger partial charge in [-0.2, -0.15) is 5.10 Å². The van der Waals surface area contributed by atoms with Gasteiger partial charge in [0, 0.05) is 19.3 Å². The second-order valence-electron chi connectivity index (χ2n) is 6.91. The zero-order valence-electron chi connectivity index (χ0n) is 14.8. The van der Waals surface area contributed by atoms with Crippen LogP contribution in [0, 0.1) is 19.8 Å². The molecule has 1 fully saturated rings. The van der Waals surface area contributed by atoms with Gasteiger partial charge >= 0.3 is 6.03 Å². The highest BCUT2D eigenvalue weighted by molar-refractivity contribution is 6.04. The monoisotopic (exact) mass is 332 g/mol. The highest BCUT2D eigenvalue weighted by Gasteiger charge is 2.49. The van der Waals surface area contributed by atoms with Crippen LogP contribution >= 0.6 is 0 Å². The van der Waals surface area contributed by atoms with Crippen molar-refractivity contribution in [2.45, 2.75) is 46.3 Å². The van der Waals surface area contributed by atoms with Gasteiger partial charge in [-0.25, -0.2) is 14.5 Å². The first kappa shape index (κ1) is 16.5. The molecule has 1 aromatic rings. The minimum atomic E-state index is -0.516. The zero-order valence-corrected chi connectivity index (χ0v) is 14.8. The Bertz CT molecular complexity index is 707. The molecule has 3 rings (SSSR count). The molecule has 3 heterocycles. The van der Waals surface area contributed by atoms with E-state index in [0.29, 0.717) is 18.4 Å². The van der Waals surface area contributed by atoms with Crippen molar-refractivity contribution in [1.82, 2.24) is 24.9 Å². The van der Waals surface area contributed by atoms with Gasteiger partial charge in [0.15, 0.2) is 12.2 Å². The van der Waals surface area contributed by atoms with Gasteiger partial charge in [0.2, 0.25) is 5.96 Å². The number of rotatable bonds is 3. The number of fused-ring (bicyclic) bond motifs is 1. The van der Waals surface area contributed by atoms with E-state index in [1.807, 2.05) is 24.8 Å². The van der Waals surface area contributed by atoms with Crippen LogP contribution in [0.2, 0.25) is 0 Å². The summed E-state index contributed by atoms with van der Waals surface area (Å²) in [4.78, 5) is 32.5. The molecule has 1 N–H and O–H groups in total. The van der Waals surface area contributed by atoms with E-state index in [2.05, 4.69) is 29.3 Å². The van der Waals surface area contributed by atoms with E-state index in [4.69, 9.17) is 0 Å². The molecule has 0 saturated carbocycles. The largest absolute Gasteiger partial charge is 0.325 e. The standard InChI is InChI=1S/C16H24N6O2/c1-9(2)6-7-21-12-13(20(5)16(24)18-14(12)23)17-15(21)22-11(4)8-10(3)19-22/h8-9,12-13H,6-7H2,1-5H3,(H,18,23,24). The number of likely N-dealkylation sites (N-methyl/N-ethyl adjacent to an activating group) is 1. The summed E-state index contributed by atoms with van der Waals surface area (Å²) in [5, 5.41) is 6.92. The maximum absolute atomic E-state index is 12.5. The quantitative estimate of drug-likeness (QED) is 0.893. The summed E-state index contributed by atoms with van der Waals surface area (Å²) in [5.74, 6) is 0.830. The van der Waals surface area contributed by atoms with Crippen LogP contribution in [0.25, 0.3) is 0 Å². The first-order valence-electron chi connectivity index (χ1n) is 8.25. The van der Waals surface area contributed by atoms with Crippen molar-refractivity contribution >= 4 is 17.9 Å². The number of nitrogens with one attached hydrogen (secondary N) is 1. The van der Waals surface area contributed by atoms with Crippen LogP contribution in [0.4, 0.5) is 4.79 Å². The second kappa shape index (κ2) is 5.92. The van der Waals surface area contributed by atoms with Crippen molar-refractivity contribution in [3.8, 4) is 0 Å². The van der Waals surface area contributed by atoms with Gasteiger partial charge in [-0.1, -0.05) is 13.8 Å². The lowest BCUT2D eigenvalue weighted by molar-refractivity contribution is -0.127. The maximum Gasteiger partial charge on any atom is 0.325 e. The molecule has 8 heteroatoms. The molecule has 130 valence electrons. The summed E-state index contributed by atoms with van der Waals surface area (Å²) in [6.07, 6.45) is 0.407. The Morgan fingerprint density at radius 2 is 2.00 bits per heavy atom. The molecule has 2 aliphatic heterocycles. The molecule has 8 nitrogen and oxygen atoms in total. The van der Waals surface area contributed by atoms with E-state index in [9.17, 15) is 9.59 Å². The van der Waals surface area contributed by atoms with Crippen molar-refractivity contribution in [1.29, 1.82) is 0 Å². The lowest BCUT2D eigenvalue weighted by Crippen LogP contribution is -2.64. The molecule has 0 spiro atoms. The summed E-state index contributed by atoms with van der Waals surface area (Å²) in [6.45, 7) is 8.85. The number of aliphatic imine (C=N–C) groups is 1. The predicted molar refractivity (Wildman–Crippen MR) is 89.6 cm³/mol. The molecule has 24 heavy (non-hydrogen) atoms. The molecule has 1 aromatic heterocycles. The Balaban J connectivity index is 2.01. The van der Waals surface area contributed by atoms with Gasteiger partial charge in [-0.15, -0.1) is 0 Å². The molecule has 0 aromatic carbocycles.